The average Bonchev–Trinajstić information content (AvgIpc) is 3.49. The van der Waals surface area contributed by atoms with Crippen molar-refractivity contribution in [2.24, 2.45) is 12.0 Å². The molecule has 0 fully saturated rings. The van der Waals surface area contributed by atoms with Crippen molar-refractivity contribution in [1.82, 2.24) is 19.8 Å². The van der Waals surface area contributed by atoms with Gasteiger partial charge in [0.2, 0.25) is 0 Å². The first-order valence-electron chi connectivity index (χ1n) is 10.7. The minimum absolute atomic E-state index is 0.0668. The summed E-state index contributed by atoms with van der Waals surface area (Å²) < 4.78 is 9.40. The van der Waals surface area contributed by atoms with Crippen molar-refractivity contribution < 1.29 is 9.53 Å². The van der Waals surface area contributed by atoms with Crippen LogP contribution in [0.1, 0.15) is 27.9 Å². The number of ether oxygens (including phenoxy) is 1. The first-order valence-corrected chi connectivity index (χ1v) is 11.5. The zero-order valence-electron chi connectivity index (χ0n) is 18.6. The number of fused-ring (bicyclic) bond motifs is 2. The second-order valence-corrected chi connectivity index (χ2v) is 8.91. The fourth-order valence-corrected chi connectivity index (χ4v) is 5.48. The molecule has 7 nitrogen and oxygen atoms in total. The Morgan fingerprint density at radius 3 is 2.81 bits per heavy atom. The molecule has 1 aliphatic heterocycles. The maximum atomic E-state index is 12.5. The predicted octanol–water partition coefficient (Wildman–Crippen LogP) is 4.19. The normalized spacial score (nSPS) is 13.8. The van der Waals surface area contributed by atoms with Gasteiger partial charge in [-0.15, -0.1) is 11.3 Å². The van der Waals surface area contributed by atoms with Crippen molar-refractivity contribution in [2.45, 2.75) is 13.3 Å². The molecule has 0 spiro atoms. The third kappa shape index (κ3) is 3.22. The molecule has 0 saturated carbocycles. The maximum absolute atomic E-state index is 12.5. The zero-order chi connectivity index (χ0) is 22.4. The summed E-state index contributed by atoms with van der Waals surface area (Å²) in [4.78, 5) is 24.9. The molecule has 0 unspecified atom stereocenters. The summed E-state index contributed by atoms with van der Waals surface area (Å²) >= 11 is 1.65. The second-order valence-electron chi connectivity index (χ2n) is 7.86. The lowest BCUT2D eigenvalue weighted by Crippen LogP contribution is -2.22. The molecule has 32 heavy (non-hydrogen) atoms. The monoisotopic (exact) mass is 447 g/mol. The number of benzene rings is 1. The topological polar surface area (TPSA) is 71.8 Å². The molecule has 0 atom stereocenters. The van der Waals surface area contributed by atoms with Crippen molar-refractivity contribution in [1.29, 1.82) is 0 Å². The number of carbonyl (C=O) groups is 1. The van der Waals surface area contributed by atoms with Crippen LogP contribution in [0.3, 0.4) is 0 Å². The number of hydrogen-bond acceptors (Lipinski definition) is 6. The standard InChI is InChI=1S/C24H25N5O2S/c1-5-17-21(24(30)25-2)15-7-6-14(12-18(15)29(17)4)31-19-8-9-26-16-13-20(32-22(16)19)23-27-10-11-28(23)3/h6-9,12-13H,5,10-11H2,1-4H3,(H,25,30). The van der Waals surface area contributed by atoms with Gasteiger partial charge < -0.3 is 19.5 Å². The molecule has 0 radical (unpaired) electrons. The molecule has 0 bridgehead atoms. The van der Waals surface area contributed by atoms with Crippen LogP contribution in [0.2, 0.25) is 0 Å². The Balaban J connectivity index is 1.55. The molecule has 3 aromatic heterocycles. The first kappa shape index (κ1) is 20.5. The molecule has 164 valence electrons. The Hall–Kier alpha value is -3.39. The summed E-state index contributed by atoms with van der Waals surface area (Å²) in [5.41, 5.74) is 3.61. The van der Waals surface area contributed by atoms with E-state index in [2.05, 4.69) is 44.8 Å². The van der Waals surface area contributed by atoms with Gasteiger partial charge in [-0.05, 0) is 24.6 Å². The van der Waals surface area contributed by atoms with Crippen LogP contribution in [0.5, 0.6) is 11.5 Å². The molecule has 1 amide bonds. The number of aliphatic imine (C=N–C) groups is 1. The summed E-state index contributed by atoms with van der Waals surface area (Å²) in [6.07, 6.45) is 2.54. The van der Waals surface area contributed by atoms with Gasteiger partial charge in [-0.1, -0.05) is 6.92 Å². The number of amides is 1. The van der Waals surface area contributed by atoms with E-state index in [1.807, 2.05) is 31.3 Å². The van der Waals surface area contributed by atoms with Crippen molar-refractivity contribution in [2.75, 3.05) is 27.2 Å². The predicted molar refractivity (Wildman–Crippen MR) is 129 cm³/mol. The molecular weight excluding hydrogens is 422 g/mol. The van der Waals surface area contributed by atoms with E-state index in [-0.39, 0.29) is 5.91 Å². The van der Waals surface area contributed by atoms with Crippen molar-refractivity contribution >= 4 is 44.2 Å². The summed E-state index contributed by atoms with van der Waals surface area (Å²) in [6.45, 7) is 3.83. The molecule has 5 rings (SSSR count). The van der Waals surface area contributed by atoms with E-state index in [9.17, 15) is 4.79 Å². The number of thiophene rings is 1. The number of carbonyl (C=O) groups excluding carboxylic acids is 1. The summed E-state index contributed by atoms with van der Waals surface area (Å²) in [5, 5.41) is 3.69. The fourth-order valence-electron chi connectivity index (χ4n) is 4.36. The number of pyridine rings is 1. The van der Waals surface area contributed by atoms with Gasteiger partial charge in [-0.2, -0.15) is 0 Å². The van der Waals surface area contributed by atoms with Gasteiger partial charge >= 0.3 is 0 Å². The van der Waals surface area contributed by atoms with Gasteiger partial charge in [0, 0.05) is 57.1 Å². The molecule has 1 aromatic carbocycles. The van der Waals surface area contributed by atoms with Gasteiger partial charge in [-0.25, -0.2) is 0 Å². The molecule has 1 aliphatic rings. The highest BCUT2D eigenvalue weighted by molar-refractivity contribution is 7.21. The summed E-state index contributed by atoms with van der Waals surface area (Å²) in [7, 11) is 5.72. The quantitative estimate of drug-likeness (QED) is 0.498. The number of rotatable bonds is 5. The third-order valence-corrected chi connectivity index (χ3v) is 7.10. The maximum Gasteiger partial charge on any atom is 0.253 e. The molecule has 0 saturated heterocycles. The number of nitrogens with zero attached hydrogens (tertiary/aromatic N) is 4. The highest BCUT2D eigenvalue weighted by Crippen LogP contribution is 2.37. The zero-order valence-corrected chi connectivity index (χ0v) is 19.4. The Morgan fingerprint density at radius 1 is 1.25 bits per heavy atom. The van der Waals surface area contributed by atoms with E-state index in [0.717, 1.165) is 74.1 Å². The highest BCUT2D eigenvalue weighted by atomic mass is 32.1. The van der Waals surface area contributed by atoms with E-state index >= 15 is 0 Å². The van der Waals surface area contributed by atoms with E-state index in [1.54, 1.807) is 24.6 Å². The molecular formula is C24H25N5O2S. The SMILES string of the molecule is CCc1c(C(=O)NC)c2ccc(Oc3ccnc4cc(C5=NCCN5C)sc34)cc2n1C. The van der Waals surface area contributed by atoms with E-state index in [4.69, 9.17) is 4.74 Å². The minimum atomic E-state index is -0.0668. The van der Waals surface area contributed by atoms with Crippen LogP contribution in [-0.4, -0.2) is 53.4 Å². The van der Waals surface area contributed by atoms with Crippen LogP contribution in [0.25, 0.3) is 21.1 Å². The Labute approximate surface area is 190 Å². The smallest absolute Gasteiger partial charge is 0.253 e. The Morgan fingerprint density at radius 2 is 2.09 bits per heavy atom. The summed E-state index contributed by atoms with van der Waals surface area (Å²) in [6, 6.07) is 9.86. The van der Waals surface area contributed by atoms with Gasteiger partial charge in [-0.3, -0.25) is 14.8 Å². The van der Waals surface area contributed by atoms with Crippen molar-refractivity contribution in [3.63, 3.8) is 0 Å². The van der Waals surface area contributed by atoms with E-state index < -0.39 is 0 Å². The molecule has 4 aromatic rings. The fraction of sp³-hybridized carbons (Fsp3) is 0.292. The number of nitrogens with one attached hydrogen (secondary N) is 1. The van der Waals surface area contributed by atoms with Crippen molar-refractivity contribution in [3.8, 4) is 11.5 Å². The number of likely N-dealkylation sites (N-methyl/N-ethyl adjacent to an activating group) is 1. The lowest BCUT2D eigenvalue weighted by Gasteiger charge is -2.11. The van der Waals surface area contributed by atoms with Crippen LogP contribution in [-0.2, 0) is 13.5 Å². The Bertz CT molecular complexity index is 1380. The van der Waals surface area contributed by atoms with Gasteiger partial charge in [0.25, 0.3) is 5.91 Å². The largest absolute Gasteiger partial charge is 0.456 e. The van der Waals surface area contributed by atoms with Gasteiger partial charge in [0.05, 0.1) is 32.7 Å². The second kappa shape index (κ2) is 7.94. The number of aryl methyl sites for hydroxylation is 1. The van der Waals surface area contributed by atoms with Crippen LogP contribution >= 0.6 is 11.3 Å². The third-order valence-electron chi connectivity index (χ3n) is 5.96. The summed E-state index contributed by atoms with van der Waals surface area (Å²) in [5.74, 6) is 2.44. The highest BCUT2D eigenvalue weighted by Gasteiger charge is 2.21. The molecule has 8 heteroatoms. The lowest BCUT2D eigenvalue weighted by molar-refractivity contribution is 0.0963. The van der Waals surface area contributed by atoms with Crippen LogP contribution in [0, 0.1) is 0 Å². The van der Waals surface area contributed by atoms with Crippen LogP contribution in [0.4, 0.5) is 0 Å². The van der Waals surface area contributed by atoms with Crippen LogP contribution < -0.4 is 10.1 Å². The van der Waals surface area contributed by atoms with Gasteiger partial charge in [0.1, 0.15) is 17.3 Å². The minimum Gasteiger partial charge on any atom is -0.456 e. The Kier molecular flexibility index (Phi) is 5.09. The number of amidine groups is 1. The number of hydrogen-bond donors (Lipinski definition) is 1. The number of aromatic nitrogens is 2. The van der Waals surface area contributed by atoms with Crippen LogP contribution in [0.15, 0.2) is 41.5 Å². The molecule has 4 heterocycles. The molecule has 0 aliphatic carbocycles. The average molecular weight is 448 g/mol. The van der Waals surface area contributed by atoms with Crippen molar-refractivity contribution in [3.05, 3.63) is 52.7 Å². The van der Waals surface area contributed by atoms with Gasteiger partial charge in [0.15, 0.2) is 0 Å². The molecule has 1 N–H and O–H groups in total. The van der Waals surface area contributed by atoms with E-state index in [0.29, 0.717) is 0 Å². The lowest BCUT2D eigenvalue weighted by atomic mass is 10.1. The van der Waals surface area contributed by atoms with E-state index in [1.165, 1.54) is 0 Å². The first-order chi connectivity index (χ1) is 15.5.